The summed E-state index contributed by atoms with van der Waals surface area (Å²) in [6.45, 7) is -0.451. The van der Waals surface area contributed by atoms with Crippen molar-refractivity contribution in [2.24, 2.45) is 5.92 Å². The lowest BCUT2D eigenvalue weighted by atomic mass is 9.86. The summed E-state index contributed by atoms with van der Waals surface area (Å²) in [6, 6.07) is 0. The van der Waals surface area contributed by atoms with Gasteiger partial charge in [-0.15, -0.1) is 5.06 Å². The van der Waals surface area contributed by atoms with Crippen LogP contribution in [0.4, 0.5) is 0 Å². The number of nitrogens with one attached hydrogen (secondary N) is 1. The van der Waals surface area contributed by atoms with Gasteiger partial charge in [-0.2, -0.15) is 0 Å². The number of rotatable bonds is 7. The van der Waals surface area contributed by atoms with Crippen LogP contribution in [-0.4, -0.2) is 41.1 Å². The van der Waals surface area contributed by atoms with Crippen molar-refractivity contribution in [1.82, 2.24) is 10.4 Å². The molecule has 1 saturated carbocycles. The van der Waals surface area contributed by atoms with Gasteiger partial charge in [0.1, 0.15) is 12.3 Å². The van der Waals surface area contributed by atoms with Crippen LogP contribution in [-0.2, 0) is 28.8 Å². The minimum Gasteiger partial charge on any atom is -0.345 e. The molecule has 0 radical (unpaired) electrons. The fourth-order valence-electron chi connectivity index (χ4n) is 3.27. The van der Waals surface area contributed by atoms with E-state index >= 15 is 0 Å². The predicted octanol–water partition coefficient (Wildman–Crippen LogP) is 2.06. The Labute approximate surface area is 159 Å². The molecular formula is C19H30N2O6. The second-order valence-corrected chi connectivity index (χ2v) is 6.83. The van der Waals surface area contributed by atoms with E-state index in [0.717, 1.165) is 38.5 Å². The van der Waals surface area contributed by atoms with Gasteiger partial charge in [0.05, 0.1) is 0 Å². The van der Waals surface area contributed by atoms with Crippen LogP contribution in [0.25, 0.3) is 0 Å². The lowest BCUT2D eigenvalue weighted by Gasteiger charge is -2.18. The first-order valence-electron chi connectivity index (χ1n) is 9.33. The van der Waals surface area contributed by atoms with E-state index < -0.39 is 30.2 Å². The lowest BCUT2D eigenvalue weighted by molar-refractivity contribution is -0.196. The zero-order chi connectivity index (χ0) is 18.9. The minimum absolute atomic E-state index is 0. The number of nitrogens with zero attached hydrogens (tertiary/aromatic N) is 1. The second-order valence-electron chi connectivity index (χ2n) is 6.83. The van der Waals surface area contributed by atoms with Crippen LogP contribution in [0.5, 0.6) is 0 Å². The van der Waals surface area contributed by atoms with Crippen LogP contribution >= 0.6 is 0 Å². The molecule has 1 heterocycles. The molecule has 2 rings (SSSR count). The zero-order valence-electron chi connectivity index (χ0n) is 15.0. The van der Waals surface area contributed by atoms with Gasteiger partial charge in [0.2, 0.25) is 5.91 Å². The van der Waals surface area contributed by atoms with Crippen molar-refractivity contribution in [1.29, 1.82) is 0 Å². The van der Waals surface area contributed by atoms with Gasteiger partial charge in [0.15, 0.2) is 0 Å². The number of carbonyl (C=O) groups excluding carboxylic acids is 5. The number of imide groups is 1. The molecule has 2 aliphatic rings. The van der Waals surface area contributed by atoms with Gasteiger partial charge < -0.3 is 10.2 Å². The van der Waals surface area contributed by atoms with Crippen molar-refractivity contribution in [3.8, 4) is 0 Å². The van der Waals surface area contributed by atoms with Gasteiger partial charge in [0.25, 0.3) is 11.8 Å². The largest absolute Gasteiger partial charge is 0.352 e. The Morgan fingerprint density at radius 2 is 1.48 bits per heavy atom. The maximum absolute atomic E-state index is 12.3. The molecule has 8 heteroatoms. The number of ketones is 1. The molecule has 1 N–H and O–H groups in total. The van der Waals surface area contributed by atoms with Crippen molar-refractivity contribution in [3.05, 3.63) is 0 Å². The highest BCUT2D eigenvalue weighted by Crippen LogP contribution is 2.24. The summed E-state index contributed by atoms with van der Waals surface area (Å²) in [6.07, 6.45) is 7.67. The quantitative estimate of drug-likeness (QED) is 0.675. The van der Waals surface area contributed by atoms with Crippen molar-refractivity contribution in [3.63, 3.8) is 0 Å². The van der Waals surface area contributed by atoms with Crippen LogP contribution in [0.15, 0.2) is 0 Å². The van der Waals surface area contributed by atoms with Crippen molar-refractivity contribution < 1.29 is 28.8 Å². The molecule has 1 saturated heterocycles. The van der Waals surface area contributed by atoms with Gasteiger partial charge >= 0.3 is 5.97 Å². The highest BCUT2D eigenvalue weighted by molar-refractivity contribution is 6.01. The predicted molar refractivity (Wildman–Crippen MR) is 97.0 cm³/mol. The molecule has 152 valence electrons. The van der Waals surface area contributed by atoms with E-state index in [4.69, 9.17) is 0 Å². The molecule has 0 aromatic rings. The molecule has 0 atom stereocenters. The summed E-state index contributed by atoms with van der Waals surface area (Å²) < 4.78 is 0. The molecule has 27 heavy (non-hydrogen) atoms. The highest BCUT2D eigenvalue weighted by Gasteiger charge is 2.32. The first-order valence-corrected chi connectivity index (χ1v) is 9.33. The summed E-state index contributed by atoms with van der Waals surface area (Å²) in [5, 5.41) is 2.79. The molecule has 0 unspecified atom stereocenters. The number of carbonyl (C=O) groups is 5. The first kappa shape index (κ1) is 22.8. The van der Waals surface area contributed by atoms with E-state index in [1.54, 1.807) is 0 Å². The summed E-state index contributed by atoms with van der Waals surface area (Å²) in [5.41, 5.74) is 0. The molecule has 0 bridgehead atoms. The molecule has 8 nitrogen and oxygen atoms in total. The Morgan fingerprint density at radius 3 is 2.07 bits per heavy atom. The van der Waals surface area contributed by atoms with Crippen molar-refractivity contribution >= 4 is 29.5 Å². The molecule has 1 aliphatic heterocycles. The molecule has 0 spiro atoms. The van der Waals surface area contributed by atoms with E-state index in [0.29, 0.717) is 5.06 Å². The van der Waals surface area contributed by atoms with Gasteiger partial charge in [-0.3, -0.25) is 19.2 Å². The standard InChI is InChI=1S/C18H26N2O6.CH4/c21-14(13-6-4-2-1-3-5-7-13)8-9-15(22)19-12-18(25)26-20-16(23)10-11-17(20)24;/h13H,1-12H2,(H,19,22);1H4. The minimum atomic E-state index is -0.895. The monoisotopic (exact) mass is 382 g/mol. The average molecular weight is 382 g/mol. The van der Waals surface area contributed by atoms with E-state index in [-0.39, 0.29) is 44.8 Å². The number of hydrogen-bond acceptors (Lipinski definition) is 6. The second kappa shape index (κ2) is 11.5. The van der Waals surface area contributed by atoms with Gasteiger partial charge in [0, 0.05) is 31.6 Å². The molecule has 3 amide bonds. The van der Waals surface area contributed by atoms with E-state index in [9.17, 15) is 24.0 Å². The van der Waals surface area contributed by atoms with Gasteiger partial charge in [-0.1, -0.05) is 39.5 Å². The zero-order valence-corrected chi connectivity index (χ0v) is 15.0. The Balaban J connectivity index is 0.00000364. The van der Waals surface area contributed by atoms with Gasteiger partial charge in [-0.25, -0.2) is 4.79 Å². The summed E-state index contributed by atoms with van der Waals surface area (Å²) in [7, 11) is 0. The average Bonchev–Trinajstić information content (AvgIpc) is 2.89. The number of hydrogen-bond donors (Lipinski definition) is 1. The smallest absolute Gasteiger partial charge is 0.345 e. The molecule has 1 aliphatic carbocycles. The fraction of sp³-hybridized carbons (Fsp3) is 0.737. The maximum atomic E-state index is 12.3. The van der Waals surface area contributed by atoms with Crippen LogP contribution in [0.1, 0.15) is 78.1 Å². The summed E-state index contributed by atoms with van der Waals surface area (Å²) in [5.74, 6) is -2.31. The lowest BCUT2D eigenvalue weighted by Crippen LogP contribution is -2.37. The Hall–Kier alpha value is -2.25. The number of amides is 3. The van der Waals surface area contributed by atoms with Crippen LogP contribution in [0.3, 0.4) is 0 Å². The SMILES string of the molecule is C.O=C(CCC(=O)C1CCCCCCC1)NCC(=O)ON1C(=O)CCC1=O. The molecule has 2 fully saturated rings. The Kier molecular flexibility index (Phi) is 9.67. The van der Waals surface area contributed by atoms with E-state index in [1.807, 2.05) is 0 Å². The molecule has 0 aromatic heterocycles. The Morgan fingerprint density at radius 1 is 0.926 bits per heavy atom. The third-order valence-corrected chi connectivity index (χ3v) is 4.79. The van der Waals surface area contributed by atoms with Crippen LogP contribution in [0.2, 0.25) is 0 Å². The fourth-order valence-corrected chi connectivity index (χ4v) is 3.27. The number of Topliss-reactive ketones (excluding diaryl/α,β-unsaturated/α-hetero) is 1. The third-order valence-electron chi connectivity index (χ3n) is 4.79. The van der Waals surface area contributed by atoms with Crippen molar-refractivity contribution in [2.45, 2.75) is 78.1 Å². The highest BCUT2D eigenvalue weighted by atomic mass is 16.7. The summed E-state index contributed by atoms with van der Waals surface area (Å²) >= 11 is 0. The van der Waals surface area contributed by atoms with E-state index in [2.05, 4.69) is 10.2 Å². The van der Waals surface area contributed by atoms with Crippen LogP contribution in [0, 0.1) is 5.92 Å². The number of hydroxylamine groups is 2. The van der Waals surface area contributed by atoms with Gasteiger partial charge in [-0.05, 0) is 12.8 Å². The Bertz CT molecular complexity index is 551. The first-order chi connectivity index (χ1) is 12.5. The van der Waals surface area contributed by atoms with Crippen LogP contribution < -0.4 is 5.32 Å². The normalized spacial score (nSPS) is 18.3. The summed E-state index contributed by atoms with van der Waals surface area (Å²) in [4.78, 5) is 63.0. The van der Waals surface area contributed by atoms with Crippen molar-refractivity contribution in [2.75, 3.05) is 6.54 Å². The third kappa shape index (κ3) is 7.48. The van der Waals surface area contributed by atoms with E-state index in [1.165, 1.54) is 6.42 Å². The molecular weight excluding hydrogens is 352 g/mol. The maximum Gasteiger partial charge on any atom is 0.352 e. The topological polar surface area (TPSA) is 110 Å². The molecule has 0 aromatic carbocycles.